The molecule has 1 nitrogen and oxygen atoms in total. The van der Waals surface area contributed by atoms with E-state index in [4.69, 9.17) is 0 Å². The Labute approximate surface area is 88.4 Å². The summed E-state index contributed by atoms with van der Waals surface area (Å²) >= 11 is 1.69. The molecule has 0 atom stereocenters. The Kier molecular flexibility index (Phi) is 2.64. The van der Waals surface area contributed by atoms with Gasteiger partial charge >= 0.3 is 0 Å². The Morgan fingerprint density at radius 1 is 1.29 bits per heavy atom. The van der Waals surface area contributed by atoms with E-state index in [0.717, 1.165) is 5.01 Å². The zero-order valence-corrected chi connectivity index (χ0v) is 9.21. The minimum absolute atomic E-state index is 0.579. The Hall–Kier alpha value is -1.15. The zero-order chi connectivity index (χ0) is 9.97. The van der Waals surface area contributed by atoms with E-state index < -0.39 is 0 Å². The van der Waals surface area contributed by atoms with Crippen molar-refractivity contribution in [3.63, 3.8) is 0 Å². The summed E-state index contributed by atoms with van der Waals surface area (Å²) in [6, 6.07) is 8.61. The van der Waals surface area contributed by atoms with Crippen LogP contribution in [0.15, 0.2) is 35.8 Å². The number of hydrogen-bond donors (Lipinski definition) is 0. The largest absolute Gasteiger partial charge is 0.245 e. The molecule has 2 rings (SSSR count). The standard InChI is InChI=1S/C12H13NS/c1-9(2)10-4-3-5-11(8-10)12-13-6-7-14-12/h3-9H,1-2H3. The summed E-state index contributed by atoms with van der Waals surface area (Å²) < 4.78 is 0. The van der Waals surface area contributed by atoms with Gasteiger partial charge in [0.15, 0.2) is 0 Å². The lowest BCUT2D eigenvalue weighted by atomic mass is 10.0. The summed E-state index contributed by atoms with van der Waals surface area (Å²) in [5.41, 5.74) is 2.60. The Morgan fingerprint density at radius 3 is 2.79 bits per heavy atom. The summed E-state index contributed by atoms with van der Waals surface area (Å²) in [6.45, 7) is 4.42. The van der Waals surface area contributed by atoms with Crippen LogP contribution in [0, 0.1) is 0 Å². The summed E-state index contributed by atoms with van der Waals surface area (Å²) in [5, 5.41) is 3.12. The summed E-state index contributed by atoms with van der Waals surface area (Å²) in [5.74, 6) is 0.579. The Bertz CT molecular complexity index is 404. The van der Waals surface area contributed by atoms with Gasteiger partial charge in [-0.25, -0.2) is 4.98 Å². The average Bonchev–Trinajstić information content (AvgIpc) is 2.71. The Balaban J connectivity index is 2.41. The highest BCUT2D eigenvalue weighted by Crippen LogP contribution is 2.25. The molecule has 0 aliphatic rings. The number of hydrogen-bond acceptors (Lipinski definition) is 2. The molecule has 1 aromatic heterocycles. The summed E-state index contributed by atoms with van der Waals surface area (Å²) in [4.78, 5) is 4.31. The molecule has 0 amide bonds. The molecule has 0 unspecified atom stereocenters. The predicted octanol–water partition coefficient (Wildman–Crippen LogP) is 3.93. The fourth-order valence-corrected chi connectivity index (χ4v) is 2.03. The molecule has 72 valence electrons. The molecule has 0 saturated heterocycles. The smallest absolute Gasteiger partial charge is 0.123 e. The van der Waals surface area contributed by atoms with E-state index in [9.17, 15) is 0 Å². The molecule has 0 aliphatic carbocycles. The maximum absolute atomic E-state index is 4.31. The van der Waals surface area contributed by atoms with Gasteiger partial charge in [0.1, 0.15) is 5.01 Å². The molecule has 0 aliphatic heterocycles. The average molecular weight is 203 g/mol. The molecule has 2 heteroatoms. The topological polar surface area (TPSA) is 12.9 Å². The number of nitrogens with zero attached hydrogens (tertiary/aromatic N) is 1. The van der Waals surface area contributed by atoms with Crippen LogP contribution in [0.4, 0.5) is 0 Å². The van der Waals surface area contributed by atoms with Crippen molar-refractivity contribution in [3.8, 4) is 10.6 Å². The summed E-state index contributed by atoms with van der Waals surface area (Å²) in [7, 11) is 0. The monoisotopic (exact) mass is 203 g/mol. The molecule has 14 heavy (non-hydrogen) atoms. The van der Waals surface area contributed by atoms with Crippen molar-refractivity contribution in [2.24, 2.45) is 0 Å². The SMILES string of the molecule is CC(C)c1cccc(-c2nccs2)c1. The van der Waals surface area contributed by atoms with Gasteiger partial charge in [0.25, 0.3) is 0 Å². The van der Waals surface area contributed by atoms with Crippen molar-refractivity contribution in [2.75, 3.05) is 0 Å². The van der Waals surface area contributed by atoms with E-state index in [-0.39, 0.29) is 0 Å². The van der Waals surface area contributed by atoms with Gasteiger partial charge in [-0.15, -0.1) is 11.3 Å². The lowest BCUT2D eigenvalue weighted by molar-refractivity contribution is 0.867. The maximum Gasteiger partial charge on any atom is 0.123 e. The lowest BCUT2D eigenvalue weighted by Crippen LogP contribution is -1.87. The van der Waals surface area contributed by atoms with Crippen molar-refractivity contribution in [3.05, 3.63) is 41.4 Å². The maximum atomic E-state index is 4.31. The van der Waals surface area contributed by atoms with Crippen molar-refractivity contribution in [2.45, 2.75) is 19.8 Å². The van der Waals surface area contributed by atoms with Gasteiger partial charge in [-0.1, -0.05) is 32.0 Å². The first-order valence-electron chi connectivity index (χ1n) is 4.77. The Morgan fingerprint density at radius 2 is 2.14 bits per heavy atom. The zero-order valence-electron chi connectivity index (χ0n) is 8.40. The molecule has 2 aromatic rings. The fourth-order valence-electron chi connectivity index (χ4n) is 1.40. The van der Waals surface area contributed by atoms with Gasteiger partial charge in [-0.05, 0) is 17.5 Å². The predicted molar refractivity (Wildman–Crippen MR) is 61.6 cm³/mol. The van der Waals surface area contributed by atoms with Crippen LogP contribution in [0.3, 0.4) is 0 Å². The lowest BCUT2D eigenvalue weighted by Gasteiger charge is -2.06. The molecule has 0 bridgehead atoms. The van der Waals surface area contributed by atoms with Crippen LogP contribution in [-0.4, -0.2) is 4.98 Å². The van der Waals surface area contributed by atoms with Gasteiger partial charge in [-0.2, -0.15) is 0 Å². The summed E-state index contributed by atoms with van der Waals surface area (Å²) in [6.07, 6.45) is 1.85. The third-order valence-corrected chi connectivity index (χ3v) is 3.05. The molecule has 1 heterocycles. The number of aromatic nitrogens is 1. The molecule has 0 N–H and O–H groups in total. The van der Waals surface area contributed by atoms with E-state index in [1.54, 1.807) is 11.3 Å². The van der Waals surface area contributed by atoms with Crippen LogP contribution in [0.1, 0.15) is 25.3 Å². The van der Waals surface area contributed by atoms with Gasteiger partial charge < -0.3 is 0 Å². The van der Waals surface area contributed by atoms with Crippen molar-refractivity contribution >= 4 is 11.3 Å². The van der Waals surface area contributed by atoms with Gasteiger partial charge in [-0.3, -0.25) is 0 Å². The highest BCUT2D eigenvalue weighted by atomic mass is 32.1. The van der Waals surface area contributed by atoms with Gasteiger partial charge in [0.05, 0.1) is 0 Å². The second-order valence-electron chi connectivity index (χ2n) is 3.62. The van der Waals surface area contributed by atoms with Crippen LogP contribution in [-0.2, 0) is 0 Å². The quantitative estimate of drug-likeness (QED) is 0.720. The van der Waals surface area contributed by atoms with Crippen molar-refractivity contribution in [1.82, 2.24) is 4.98 Å². The molecule has 0 fully saturated rings. The van der Waals surface area contributed by atoms with Gasteiger partial charge in [0, 0.05) is 17.1 Å². The first-order valence-corrected chi connectivity index (χ1v) is 5.65. The first-order chi connectivity index (χ1) is 6.77. The van der Waals surface area contributed by atoms with E-state index in [1.165, 1.54) is 11.1 Å². The highest BCUT2D eigenvalue weighted by molar-refractivity contribution is 7.13. The first kappa shape index (κ1) is 9.41. The molecule has 0 saturated carbocycles. The van der Waals surface area contributed by atoms with E-state index >= 15 is 0 Å². The fraction of sp³-hybridized carbons (Fsp3) is 0.250. The molecule has 1 aromatic carbocycles. The second-order valence-corrected chi connectivity index (χ2v) is 4.51. The normalized spacial score (nSPS) is 10.8. The van der Waals surface area contributed by atoms with Crippen molar-refractivity contribution < 1.29 is 0 Å². The molecule has 0 radical (unpaired) electrons. The minimum atomic E-state index is 0.579. The van der Waals surface area contributed by atoms with E-state index in [2.05, 4.69) is 43.1 Å². The molecular weight excluding hydrogens is 190 g/mol. The van der Waals surface area contributed by atoms with Crippen LogP contribution in [0.25, 0.3) is 10.6 Å². The third kappa shape index (κ3) is 1.85. The number of rotatable bonds is 2. The number of thiazole rings is 1. The van der Waals surface area contributed by atoms with Crippen LogP contribution in [0.5, 0.6) is 0 Å². The van der Waals surface area contributed by atoms with Crippen LogP contribution in [0.2, 0.25) is 0 Å². The van der Waals surface area contributed by atoms with Crippen LogP contribution < -0.4 is 0 Å². The third-order valence-electron chi connectivity index (χ3n) is 2.23. The highest BCUT2D eigenvalue weighted by Gasteiger charge is 2.03. The van der Waals surface area contributed by atoms with Crippen molar-refractivity contribution in [1.29, 1.82) is 0 Å². The molecular formula is C12H13NS. The molecule has 0 spiro atoms. The van der Waals surface area contributed by atoms with E-state index in [0.29, 0.717) is 5.92 Å². The minimum Gasteiger partial charge on any atom is -0.245 e. The van der Waals surface area contributed by atoms with Crippen LogP contribution >= 0.6 is 11.3 Å². The second kappa shape index (κ2) is 3.93. The van der Waals surface area contributed by atoms with Gasteiger partial charge in [0.2, 0.25) is 0 Å². The van der Waals surface area contributed by atoms with E-state index in [1.807, 2.05) is 11.6 Å². The number of benzene rings is 1.